The second-order valence-corrected chi connectivity index (χ2v) is 5.47. The lowest BCUT2D eigenvalue weighted by Gasteiger charge is -2.33. The molecule has 1 saturated heterocycles. The van der Waals surface area contributed by atoms with Crippen LogP contribution in [0.1, 0.15) is 32.1 Å². The molecule has 1 aliphatic heterocycles. The van der Waals surface area contributed by atoms with Crippen LogP contribution in [0.5, 0.6) is 0 Å². The molecule has 1 heterocycles. The van der Waals surface area contributed by atoms with E-state index in [-0.39, 0.29) is 5.54 Å². The molecule has 0 spiro atoms. The fraction of sp³-hybridized carbons (Fsp3) is 1.00. The SMILES string of the molecule is CN1CCCC(CN)(NCC2CC2)CC1. The van der Waals surface area contributed by atoms with E-state index in [4.69, 9.17) is 5.73 Å². The number of hydrogen-bond acceptors (Lipinski definition) is 3. The van der Waals surface area contributed by atoms with Gasteiger partial charge in [0.15, 0.2) is 0 Å². The highest BCUT2D eigenvalue weighted by Crippen LogP contribution is 2.29. The molecule has 1 aliphatic carbocycles. The number of nitrogens with one attached hydrogen (secondary N) is 1. The number of likely N-dealkylation sites (tertiary alicyclic amines) is 1. The van der Waals surface area contributed by atoms with Crippen LogP contribution in [0.2, 0.25) is 0 Å². The van der Waals surface area contributed by atoms with Gasteiger partial charge in [0.1, 0.15) is 0 Å². The smallest absolute Gasteiger partial charge is 0.0316 e. The zero-order valence-corrected chi connectivity index (χ0v) is 9.97. The number of nitrogens with zero attached hydrogens (tertiary/aromatic N) is 1. The minimum Gasteiger partial charge on any atom is -0.329 e. The van der Waals surface area contributed by atoms with Gasteiger partial charge in [0.05, 0.1) is 0 Å². The summed E-state index contributed by atoms with van der Waals surface area (Å²) in [7, 11) is 2.22. The van der Waals surface area contributed by atoms with Crippen LogP contribution < -0.4 is 11.1 Å². The first-order valence-corrected chi connectivity index (χ1v) is 6.38. The summed E-state index contributed by atoms with van der Waals surface area (Å²) in [6.45, 7) is 4.41. The van der Waals surface area contributed by atoms with Gasteiger partial charge in [0, 0.05) is 12.1 Å². The van der Waals surface area contributed by atoms with Crippen LogP contribution in [0, 0.1) is 5.92 Å². The van der Waals surface area contributed by atoms with Crippen molar-refractivity contribution in [1.82, 2.24) is 10.2 Å². The molecule has 88 valence electrons. The standard InChI is InChI=1S/C12H25N3/c1-15-7-2-5-12(10-13,6-8-15)14-9-11-3-4-11/h11,14H,2-10,13H2,1H3. The largest absolute Gasteiger partial charge is 0.329 e. The van der Waals surface area contributed by atoms with Crippen molar-refractivity contribution in [3.05, 3.63) is 0 Å². The molecule has 1 unspecified atom stereocenters. The fourth-order valence-electron chi connectivity index (χ4n) is 2.46. The summed E-state index contributed by atoms with van der Waals surface area (Å²) in [4.78, 5) is 2.43. The van der Waals surface area contributed by atoms with Crippen LogP contribution in [0.25, 0.3) is 0 Å². The van der Waals surface area contributed by atoms with Gasteiger partial charge in [0.25, 0.3) is 0 Å². The third-order valence-corrected chi connectivity index (χ3v) is 4.02. The summed E-state index contributed by atoms with van der Waals surface area (Å²) in [6.07, 6.45) is 6.60. The molecule has 15 heavy (non-hydrogen) atoms. The fourth-order valence-corrected chi connectivity index (χ4v) is 2.46. The second kappa shape index (κ2) is 4.81. The van der Waals surface area contributed by atoms with E-state index in [1.807, 2.05) is 0 Å². The Morgan fingerprint density at radius 2 is 2.13 bits per heavy atom. The lowest BCUT2D eigenvalue weighted by atomic mass is 9.90. The maximum Gasteiger partial charge on any atom is 0.0316 e. The first kappa shape index (κ1) is 11.4. The van der Waals surface area contributed by atoms with Gasteiger partial charge in [-0.2, -0.15) is 0 Å². The van der Waals surface area contributed by atoms with Crippen LogP contribution >= 0.6 is 0 Å². The zero-order valence-electron chi connectivity index (χ0n) is 9.97. The summed E-state index contributed by atoms with van der Waals surface area (Å²) in [5, 5.41) is 3.76. The molecule has 2 rings (SSSR count). The average molecular weight is 211 g/mol. The van der Waals surface area contributed by atoms with Crippen molar-refractivity contribution in [2.45, 2.75) is 37.6 Å². The predicted molar refractivity (Wildman–Crippen MR) is 63.9 cm³/mol. The highest BCUT2D eigenvalue weighted by Gasteiger charge is 2.32. The van der Waals surface area contributed by atoms with Crippen molar-refractivity contribution in [2.75, 3.05) is 33.2 Å². The average Bonchev–Trinajstić information content (AvgIpc) is 3.04. The Bertz CT molecular complexity index is 203. The molecular weight excluding hydrogens is 186 g/mol. The van der Waals surface area contributed by atoms with E-state index in [9.17, 15) is 0 Å². The first-order valence-electron chi connectivity index (χ1n) is 6.38. The molecule has 0 bridgehead atoms. The van der Waals surface area contributed by atoms with Crippen LogP contribution in [0.3, 0.4) is 0 Å². The quantitative estimate of drug-likeness (QED) is 0.723. The first-order chi connectivity index (χ1) is 7.24. The third-order valence-electron chi connectivity index (χ3n) is 4.02. The van der Waals surface area contributed by atoms with Gasteiger partial charge in [-0.05, 0) is 64.7 Å². The molecular formula is C12H25N3. The lowest BCUT2D eigenvalue weighted by Crippen LogP contribution is -2.52. The van der Waals surface area contributed by atoms with Crippen molar-refractivity contribution < 1.29 is 0 Å². The van der Waals surface area contributed by atoms with Crippen molar-refractivity contribution in [3.8, 4) is 0 Å². The summed E-state index contributed by atoms with van der Waals surface area (Å²) >= 11 is 0. The van der Waals surface area contributed by atoms with E-state index in [0.717, 1.165) is 12.5 Å². The molecule has 0 aromatic carbocycles. The topological polar surface area (TPSA) is 41.3 Å². The Morgan fingerprint density at radius 3 is 2.80 bits per heavy atom. The van der Waals surface area contributed by atoms with Crippen LogP contribution in [-0.2, 0) is 0 Å². The minimum absolute atomic E-state index is 0.243. The monoisotopic (exact) mass is 211 g/mol. The van der Waals surface area contributed by atoms with Crippen molar-refractivity contribution >= 4 is 0 Å². The Hall–Kier alpha value is -0.120. The molecule has 0 aromatic rings. The molecule has 2 fully saturated rings. The van der Waals surface area contributed by atoms with E-state index in [1.165, 1.54) is 51.7 Å². The van der Waals surface area contributed by atoms with E-state index < -0.39 is 0 Å². The molecule has 2 aliphatic rings. The maximum absolute atomic E-state index is 5.98. The van der Waals surface area contributed by atoms with Gasteiger partial charge in [-0.25, -0.2) is 0 Å². The Balaban J connectivity index is 1.86. The van der Waals surface area contributed by atoms with Gasteiger partial charge in [-0.3, -0.25) is 0 Å². The molecule has 1 saturated carbocycles. The van der Waals surface area contributed by atoms with Crippen molar-refractivity contribution in [1.29, 1.82) is 0 Å². The predicted octanol–water partition coefficient (Wildman–Crippen LogP) is 0.799. The molecule has 0 aromatic heterocycles. The van der Waals surface area contributed by atoms with Crippen LogP contribution in [0.15, 0.2) is 0 Å². The molecule has 0 radical (unpaired) electrons. The Kier molecular flexibility index (Phi) is 3.65. The summed E-state index contributed by atoms with van der Waals surface area (Å²) in [5.74, 6) is 0.953. The van der Waals surface area contributed by atoms with Crippen molar-refractivity contribution in [2.24, 2.45) is 11.7 Å². The lowest BCUT2D eigenvalue weighted by molar-refractivity contribution is 0.279. The molecule has 3 heteroatoms. The Morgan fingerprint density at radius 1 is 1.33 bits per heavy atom. The molecule has 3 nitrogen and oxygen atoms in total. The molecule has 1 atom stereocenters. The number of rotatable bonds is 4. The van der Waals surface area contributed by atoms with Crippen LogP contribution in [0.4, 0.5) is 0 Å². The van der Waals surface area contributed by atoms with E-state index >= 15 is 0 Å². The normalized spacial score (nSPS) is 34.0. The molecule has 3 N–H and O–H groups in total. The van der Waals surface area contributed by atoms with Gasteiger partial charge in [0.2, 0.25) is 0 Å². The number of hydrogen-bond donors (Lipinski definition) is 2. The zero-order chi connectivity index (χ0) is 10.7. The second-order valence-electron chi connectivity index (χ2n) is 5.47. The van der Waals surface area contributed by atoms with Crippen LogP contribution in [-0.4, -0.2) is 43.7 Å². The Labute approximate surface area is 93.4 Å². The molecule has 0 amide bonds. The highest BCUT2D eigenvalue weighted by molar-refractivity contribution is 4.93. The highest BCUT2D eigenvalue weighted by atomic mass is 15.1. The minimum atomic E-state index is 0.243. The van der Waals surface area contributed by atoms with Gasteiger partial charge in [-0.15, -0.1) is 0 Å². The van der Waals surface area contributed by atoms with Crippen molar-refractivity contribution in [3.63, 3.8) is 0 Å². The van der Waals surface area contributed by atoms with E-state index in [0.29, 0.717) is 0 Å². The third kappa shape index (κ3) is 3.16. The number of nitrogens with two attached hydrogens (primary N) is 1. The summed E-state index contributed by atoms with van der Waals surface area (Å²) < 4.78 is 0. The summed E-state index contributed by atoms with van der Waals surface area (Å²) in [5.41, 5.74) is 6.22. The van der Waals surface area contributed by atoms with Gasteiger partial charge < -0.3 is 16.0 Å². The summed E-state index contributed by atoms with van der Waals surface area (Å²) in [6, 6.07) is 0. The van der Waals surface area contributed by atoms with E-state index in [1.54, 1.807) is 0 Å². The van der Waals surface area contributed by atoms with Gasteiger partial charge >= 0.3 is 0 Å². The van der Waals surface area contributed by atoms with E-state index in [2.05, 4.69) is 17.3 Å². The maximum atomic E-state index is 5.98. The van der Waals surface area contributed by atoms with Gasteiger partial charge in [-0.1, -0.05) is 0 Å².